The molecule has 6 heteroatoms. The Hall–Kier alpha value is -2.05. The van der Waals surface area contributed by atoms with E-state index >= 15 is 0 Å². The first-order valence-electron chi connectivity index (χ1n) is 6.36. The highest BCUT2D eigenvalue weighted by molar-refractivity contribution is 7.13. The molecule has 1 N–H and O–H groups in total. The molecule has 0 radical (unpaired) electrons. The van der Waals surface area contributed by atoms with Crippen molar-refractivity contribution in [3.05, 3.63) is 53.4 Å². The molecule has 0 atom stereocenters. The van der Waals surface area contributed by atoms with Gasteiger partial charge in [-0.05, 0) is 18.2 Å². The van der Waals surface area contributed by atoms with E-state index in [1.165, 1.54) is 0 Å². The summed E-state index contributed by atoms with van der Waals surface area (Å²) in [6, 6.07) is 7.87. The van der Waals surface area contributed by atoms with E-state index in [-0.39, 0.29) is 0 Å². The van der Waals surface area contributed by atoms with E-state index in [9.17, 15) is 0 Å². The average molecular weight is 285 g/mol. The van der Waals surface area contributed by atoms with Crippen LogP contribution in [-0.2, 0) is 20.1 Å². The Bertz CT molecular complexity index is 674. The number of thiazole rings is 1. The maximum absolute atomic E-state index is 4.59. The summed E-state index contributed by atoms with van der Waals surface area (Å²) in [4.78, 5) is 8.90. The van der Waals surface area contributed by atoms with Gasteiger partial charge in [-0.2, -0.15) is 5.10 Å². The van der Waals surface area contributed by atoms with Crippen molar-refractivity contribution in [2.75, 3.05) is 0 Å². The number of hydrogen-bond acceptors (Lipinski definition) is 5. The van der Waals surface area contributed by atoms with Crippen LogP contribution >= 0.6 is 11.3 Å². The first kappa shape index (κ1) is 13.0. The van der Waals surface area contributed by atoms with Gasteiger partial charge in [-0.1, -0.05) is 6.07 Å². The summed E-state index contributed by atoms with van der Waals surface area (Å²) in [5.74, 6) is 0. The standard InChI is InChI=1S/C14H15N5S/c1-19-12(5-7-17-19)9-15-8-11-10-20-14(18-11)13-4-2-3-6-16-13/h2-7,10,15H,8-9H2,1H3. The van der Waals surface area contributed by atoms with Gasteiger partial charge in [0.25, 0.3) is 0 Å². The molecule has 3 aromatic heterocycles. The van der Waals surface area contributed by atoms with Crippen molar-refractivity contribution in [3.63, 3.8) is 0 Å². The normalized spacial score (nSPS) is 10.8. The summed E-state index contributed by atoms with van der Waals surface area (Å²) >= 11 is 1.62. The van der Waals surface area contributed by atoms with Gasteiger partial charge in [0.05, 0.1) is 17.1 Å². The monoisotopic (exact) mass is 285 g/mol. The van der Waals surface area contributed by atoms with Crippen molar-refractivity contribution in [3.8, 4) is 10.7 Å². The number of rotatable bonds is 5. The van der Waals surface area contributed by atoms with Crippen LogP contribution in [0.1, 0.15) is 11.4 Å². The minimum Gasteiger partial charge on any atom is -0.305 e. The van der Waals surface area contributed by atoms with Crippen LogP contribution < -0.4 is 5.32 Å². The molecule has 0 aliphatic rings. The molecule has 0 aliphatic heterocycles. The van der Waals surface area contributed by atoms with Crippen molar-refractivity contribution >= 4 is 11.3 Å². The molecule has 5 nitrogen and oxygen atoms in total. The molecule has 0 fully saturated rings. The molecule has 0 unspecified atom stereocenters. The molecule has 0 spiro atoms. The molecular weight excluding hydrogens is 270 g/mol. The Labute approximate surface area is 121 Å². The molecule has 3 heterocycles. The van der Waals surface area contributed by atoms with Gasteiger partial charge in [-0.25, -0.2) is 4.98 Å². The molecule has 3 rings (SSSR count). The van der Waals surface area contributed by atoms with E-state index in [1.54, 1.807) is 23.7 Å². The van der Waals surface area contributed by atoms with Crippen molar-refractivity contribution in [1.29, 1.82) is 0 Å². The lowest BCUT2D eigenvalue weighted by atomic mass is 10.3. The third kappa shape index (κ3) is 2.92. The van der Waals surface area contributed by atoms with Gasteiger partial charge in [0.1, 0.15) is 5.01 Å². The van der Waals surface area contributed by atoms with Gasteiger partial charge in [0, 0.05) is 37.9 Å². The van der Waals surface area contributed by atoms with Crippen LogP contribution in [0.3, 0.4) is 0 Å². The maximum Gasteiger partial charge on any atom is 0.142 e. The van der Waals surface area contributed by atoms with E-state index in [1.807, 2.05) is 36.0 Å². The van der Waals surface area contributed by atoms with Crippen LogP contribution in [0.5, 0.6) is 0 Å². The Morgan fingerprint density at radius 1 is 1.20 bits per heavy atom. The van der Waals surface area contributed by atoms with Gasteiger partial charge in [-0.15, -0.1) is 11.3 Å². The predicted molar refractivity (Wildman–Crippen MR) is 79.1 cm³/mol. The zero-order valence-electron chi connectivity index (χ0n) is 11.2. The van der Waals surface area contributed by atoms with E-state index < -0.39 is 0 Å². The minimum absolute atomic E-state index is 0.745. The molecule has 3 aromatic rings. The van der Waals surface area contributed by atoms with Crippen molar-refractivity contribution < 1.29 is 0 Å². The van der Waals surface area contributed by atoms with Crippen molar-refractivity contribution in [1.82, 2.24) is 25.1 Å². The molecule has 0 saturated carbocycles. The molecule has 0 aliphatic carbocycles. The van der Waals surface area contributed by atoms with E-state index in [4.69, 9.17) is 0 Å². The summed E-state index contributed by atoms with van der Waals surface area (Å²) in [5, 5.41) is 10.5. The second-order valence-electron chi connectivity index (χ2n) is 4.41. The average Bonchev–Trinajstić information content (AvgIpc) is 3.10. The molecule has 102 valence electrons. The third-order valence-corrected chi connectivity index (χ3v) is 3.88. The maximum atomic E-state index is 4.59. The van der Waals surface area contributed by atoms with E-state index in [0.717, 1.165) is 35.2 Å². The lowest BCUT2D eigenvalue weighted by molar-refractivity contribution is 0.621. The number of aromatic nitrogens is 4. The van der Waals surface area contributed by atoms with Crippen molar-refractivity contribution in [2.45, 2.75) is 13.1 Å². The van der Waals surface area contributed by atoms with Crippen LogP contribution in [0.4, 0.5) is 0 Å². The highest BCUT2D eigenvalue weighted by atomic mass is 32.1. The number of hydrogen-bond donors (Lipinski definition) is 1. The van der Waals surface area contributed by atoms with Gasteiger partial charge < -0.3 is 5.32 Å². The van der Waals surface area contributed by atoms with Crippen LogP contribution in [0.25, 0.3) is 10.7 Å². The largest absolute Gasteiger partial charge is 0.305 e. The smallest absolute Gasteiger partial charge is 0.142 e. The summed E-state index contributed by atoms with van der Waals surface area (Å²) in [5.41, 5.74) is 3.12. The minimum atomic E-state index is 0.745. The van der Waals surface area contributed by atoms with Crippen molar-refractivity contribution in [2.24, 2.45) is 7.05 Å². The second-order valence-corrected chi connectivity index (χ2v) is 5.27. The van der Waals surface area contributed by atoms with Crippen LogP contribution in [-0.4, -0.2) is 19.7 Å². The zero-order chi connectivity index (χ0) is 13.8. The van der Waals surface area contributed by atoms with Crippen LogP contribution in [0, 0.1) is 0 Å². The molecular formula is C14H15N5S. The summed E-state index contributed by atoms with van der Waals surface area (Å²) in [7, 11) is 1.94. The lowest BCUT2D eigenvalue weighted by Gasteiger charge is -2.03. The van der Waals surface area contributed by atoms with Gasteiger partial charge in [-0.3, -0.25) is 9.67 Å². The Morgan fingerprint density at radius 3 is 2.90 bits per heavy atom. The first-order chi connectivity index (χ1) is 9.83. The number of nitrogens with zero attached hydrogens (tertiary/aromatic N) is 4. The van der Waals surface area contributed by atoms with Gasteiger partial charge >= 0.3 is 0 Å². The predicted octanol–water partition coefficient (Wildman–Crippen LogP) is 2.23. The second kappa shape index (κ2) is 5.94. The molecule has 0 aromatic carbocycles. The van der Waals surface area contributed by atoms with Gasteiger partial charge in [0.2, 0.25) is 0 Å². The summed E-state index contributed by atoms with van der Waals surface area (Å²) in [6.45, 7) is 1.53. The Balaban J connectivity index is 1.59. The highest BCUT2D eigenvalue weighted by Gasteiger charge is 2.05. The van der Waals surface area contributed by atoms with Gasteiger partial charge in [0.15, 0.2) is 0 Å². The lowest BCUT2D eigenvalue weighted by Crippen LogP contribution is -2.15. The van der Waals surface area contributed by atoms with E-state index in [2.05, 4.69) is 25.8 Å². The summed E-state index contributed by atoms with van der Waals surface area (Å²) < 4.78 is 1.87. The summed E-state index contributed by atoms with van der Waals surface area (Å²) in [6.07, 6.45) is 3.59. The Kier molecular flexibility index (Phi) is 3.85. The molecule has 20 heavy (non-hydrogen) atoms. The molecule has 0 amide bonds. The number of aryl methyl sites for hydroxylation is 1. The zero-order valence-corrected chi connectivity index (χ0v) is 12.0. The topological polar surface area (TPSA) is 55.6 Å². The van der Waals surface area contributed by atoms with Crippen LogP contribution in [0.15, 0.2) is 42.0 Å². The fraction of sp³-hybridized carbons (Fsp3) is 0.214. The fourth-order valence-corrected chi connectivity index (χ4v) is 2.68. The fourth-order valence-electron chi connectivity index (χ4n) is 1.89. The number of nitrogens with one attached hydrogen (secondary N) is 1. The SMILES string of the molecule is Cn1nccc1CNCc1csc(-c2ccccn2)n1. The van der Waals surface area contributed by atoms with Crippen LogP contribution in [0.2, 0.25) is 0 Å². The first-order valence-corrected chi connectivity index (χ1v) is 7.24. The quantitative estimate of drug-likeness (QED) is 0.781. The number of pyridine rings is 1. The molecule has 0 saturated heterocycles. The third-order valence-electron chi connectivity index (χ3n) is 2.97. The Morgan fingerprint density at radius 2 is 2.15 bits per heavy atom. The van der Waals surface area contributed by atoms with E-state index in [0.29, 0.717) is 0 Å². The molecule has 0 bridgehead atoms. The highest BCUT2D eigenvalue weighted by Crippen LogP contribution is 2.21.